The molecule has 0 unspecified atom stereocenters. The summed E-state index contributed by atoms with van der Waals surface area (Å²) in [7, 11) is 1.64. The Morgan fingerprint density at radius 2 is 1.09 bits per heavy atom. The molecule has 0 saturated carbocycles. The molecule has 3 rings (SSSR count). The van der Waals surface area contributed by atoms with Crippen LogP contribution in [-0.4, -0.2) is 41.4 Å². The number of hydrogen-bond donors (Lipinski definition) is 3. The molecule has 9 nitrogen and oxygen atoms in total. The normalized spacial score (nSPS) is 11.4. The molecule has 3 aromatic rings. The Balaban J connectivity index is 2.42. The van der Waals surface area contributed by atoms with Crippen LogP contribution in [0.1, 0.15) is 33.7 Å². The van der Waals surface area contributed by atoms with Crippen LogP contribution in [0.4, 0.5) is 11.4 Å². The zero-order valence-electron chi connectivity index (χ0n) is 20.5. The molecule has 5 N–H and O–H groups in total. The van der Waals surface area contributed by atoms with Gasteiger partial charge in [0.25, 0.3) is 10.1 Å². The van der Waals surface area contributed by atoms with Crippen molar-refractivity contribution in [2.45, 2.75) is 24.7 Å². The first-order chi connectivity index (χ1) is 16.5. The molecule has 188 valence electrons. The van der Waals surface area contributed by atoms with Crippen molar-refractivity contribution < 1.29 is 31.9 Å². The van der Waals surface area contributed by atoms with Crippen LogP contribution in [0, 0.1) is 13.8 Å². The van der Waals surface area contributed by atoms with Gasteiger partial charge in [0.15, 0.2) is 0 Å². The zero-order chi connectivity index (χ0) is 26.1. The average molecular weight is 503 g/mol. The third-order valence-electron chi connectivity index (χ3n) is 6.17. The van der Waals surface area contributed by atoms with Gasteiger partial charge in [0, 0.05) is 5.92 Å². The highest BCUT2D eigenvalue weighted by molar-refractivity contribution is 7.85. The maximum atomic E-state index is 11.9. The Kier molecular flexibility index (Phi) is 7.37. The molecule has 0 atom stereocenters. The maximum Gasteiger partial charge on any atom is 0.294 e. The lowest BCUT2D eigenvalue weighted by Gasteiger charge is -2.25. The van der Waals surface area contributed by atoms with Crippen LogP contribution in [-0.2, 0) is 10.1 Å². The zero-order valence-corrected chi connectivity index (χ0v) is 21.3. The molecule has 0 aliphatic rings. The van der Waals surface area contributed by atoms with Gasteiger partial charge < -0.3 is 30.4 Å². The summed E-state index contributed by atoms with van der Waals surface area (Å²) in [6.07, 6.45) is 0. The van der Waals surface area contributed by atoms with Crippen LogP contribution in [0.5, 0.6) is 23.0 Å². The summed E-state index contributed by atoms with van der Waals surface area (Å²) in [5, 5.41) is 0. The Labute approximate surface area is 205 Å². The molecule has 0 heterocycles. The van der Waals surface area contributed by atoms with E-state index in [1.807, 2.05) is 0 Å². The number of anilines is 2. The van der Waals surface area contributed by atoms with E-state index in [0.29, 0.717) is 45.5 Å². The lowest BCUT2D eigenvalue weighted by Crippen LogP contribution is -2.11. The number of benzene rings is 3. The topological polar surface area (TPSA) is 143 Å². The minimum absolute atomic E-state index is 0.155. The van der Waals surface area contributed by atoms with E-state index in [9.17, 15) is 13.0 Å². The highest BCUT2D eigenvalue weighted by Gasteiger charge is 2.27. The van der Waals surface area contributed by atoms with Gasteiger partial charge in [0.1, 0.15) is 34.4 Å². The van der Waals surface area contributed by atoms with Crippen molar-refractivity contribution in [3.63, 3.8) is 0 Å². The molecular formula is C25H30N2O7S. The van der Waals surface area contributed by atoms with Gasteiger partial charge >= 0.3 is 0 Å². The molecule has 0 aliphatic carbocycles. The van der Waals surface area contributed by atoms with Crippen molar-refractivity contribution >= 4 is 21.5 Å². The Morgan fingerprint density at radius 1 is 0.714 bits per heavy atom. The molecule has 0 radical (unpaired) electrons. The molecule has 0 spiro atoms. The van der Waals surface area contributed by atoms with Crippen LogP contribution in [0.2, 0.25) is 0 Å². The molecule has 0 saturated heterocycles. The van der Waals surface area contributed by atoms with Crippen molar-refractivity contribution in [2.24, 2.45) is 0 Å². The van der Waals surface area contributed by atoms with Crippen molar-refractivity contribution in [1.82, 2.24) is 0 Å². The average Bonchev–Trinajstić information content (AvgIpc) is 2.82. The molecule has 0 amide bonds. The van der Waals surface area contributed by atoms with E-state index in [-0.39, 0.29) is 4.90 Å². The fraction of sp³-hybridized carbons (Fsp3) is 0.280. The maximum absolute atomic E-state index is 11.9. The second-order valence-electron chi connectivity index (χ2n) is 7.99. The second-order valence-corrected chi connectivity index (χ2v) is 9.38. The number of nitrogen functional groups attached to an aromatic ring is 2. The summed E-state index contributed by atoms with van der Waals surface area (Å²) in [5.74, 6) is 1.21. The molecule has 3 aromatic carbocycles. The van der Waals surface area contributed by atoms with Gasteiger partial charge in [-0.15, -0.1) is 0 Å². The minimum atomic E-state index is -4.39. The van der Waals surface area contributed by atoms with E-state index in [4.69, 9.17) is 30.4 Å². The van der Waals surface area contributed by atoms with Gasteiger partial charge in [0.05, 0.1) is 33.3 Å². The van der Waals surface area contributed by atoms with E-state index in [1.165, 1.54) is 34.5 Å². The fourth-order valence-electron chi connectivity index (χ4n) is 4.21. The Hall–Kier alpha value is -3.63. The van der Waals surface area contributed by atoms with E-state index < -0.39 is 16.0 Å². The number of hydrogen-bond acceptors (Lipinski definition) is 8. The van der Waals surface area contributed by atoms with Crippen LogP contribution in [0.25, 0.3) is 0 Å². The van der Waals surface area contributed by atoms with Crippen molar-refractivity contribution in [3.8, 4) is 23.0 Å². The summed E-state index contributed by atoms with van der Waals surface area (Å²) in [6.45, 7) is 3.44. The van der Waals surface area contributed by atoms with Crippen molar-refractivity contribution in [2.75, 3.05) is 39.9 Å². The van der Waals surface area contributed by atoms with Crippen molar-refractivity contribution in [1.29, 1.82) is 0 Å². The summed E-state index contributed by atoms with van der Waals surface area (Å²) in [4.78, 5) is -0.155. The van der Waals surface area contributed by atoms with E-state index in [2.05, 4.69) is 0 Å². The first-order valence-electron chi connectivity index (χ1n) is 10.6. The molecule has 0 aromatic heterocycles. The van der Waals surface area contributed by atoms with Gasteiger partial charge in [-0.1, -0.05) is 6.07 Å². The Bertz CT molecular complexity index is 1260. The molecule has 10 heteroatoms. The minimum Gasteiger partial charge on any atom is -0.494 e. The van der Waals surface area contributed by atoms with E-state index in [1.54, 1.807) is 44.2 Å². The lowest BCUT2D eigenvalue weighted by atomic mass is 9.81. The van der Waals surface area contributed by atoms with E-state index >= 15 is 0 Å². The van der Waals surface area contributed by atoms with Gasteiger partial charge in [-0.2, -0.15) is 8.42 Å². The number of rotatable bonds is 8. The predicted molar refractivity (Wildman–Crippen MR) is 135 cm³/mol. The third kappa shape index (κ3) is 4.80. The second kappa shape index (κ2) is 9.93. The lowest BCUT2D eigenvalue weighted by molar-refractivity contribution is 0.396. The number of ether oxygens (including phenoxy) is 4. The quantitative estimate of drug-likeness (QED) is 0.237. The SMILES string of the molecule is COc1cc(C(c2cc(OC)c(N)c(OC)c2)c2ccc(S(=O)(=O)O)c(C)c2C)cc(OC)c1N. The summed E-state index contributed by atoms with van der Waals surface area (Å²) in [6, 6.07) is 10.2. The largest absolute Gasteiger partial charge is 0.494 e. The first kappa shape index (κ1) is 26.0. The monoisotopic (exact) mass is 502 g/mol. The standard InChI is InChI=1S/C25H30N2O7S/c1-13-14(2)22(35(28,29)30)8-7-17(13)23(15-9-18(31-3)24(26)19(10-15)32-4)16-11-20(33-5)25(27)21(12-16)34-6/h7-12,23H,26-27H2,1-6H3,(H,28,29,30). The highest BCUT2D eigenvalue weighted by atomic mass is 32.2. The summed E-state index contributed by atoms with van der Waals surface area (Å²) < 4.78 is 55.4. The summed E-state index contributed by atoms with van der Waals surface area (Å²) >= 11 is 0. The molecule has 0 bridgehead atoms. The molecular weight excluding hydrogens is 472 g/mol. The fourth-order valence-corrected chi connectivity index (χ4v) is 4.99. The van der Waals surface area contributed by atoms with Crippen molar-refractivity contribution in [3.05, 3.63) is 64.2 Å². The van der Waals surface area contributed by atoms with Gasteiger partial charge in [-0.05, 0) is 72.0 Å². The first-order valence-corrected chi connectivity index (χ1v) is 12.0. The highest BCUT2D eigenvalue weighted by Crippen LogP contribution is 2.45. The van der Waals surface area contributed by atoms with Crippen LogP contribution in [0.3, 0.4) is 0 Å². The predicted octanol–water partition coefficient (Wildman–Crippen LogP) is 3.93. The van der Waals surface area contributed by atoms with Crippen LogP contribution >= 0.6 is 0 Å². The van der Waals surface area contributed by atoms with Gasteiger partial charge in [-0.25, -0.2) is 0 Å². The molecule has 0 fully saturated rings. The molecule has 0 aliphatic heterocycles. The van der Waals surface area contributed by atoms with E-state index in [0.717, 1.165) is 16.7 Å². The Morgan fingerprint density at radius 3 is 1.40 bits per heavy atom. The van der Waals surface area contributed by atoms with Gasteiger partial charge in [-0.3, -0.25) is 4.55 Å². The number of methoxy groups -OCH3 is 4. The van der Waals surface area contributed by atoms with Crippen LogP contribution in [0.15, 0.2) is 41.3 Å². The third-order valence-corrected chi connectivity index (χ3v) is 7.17. The van der Waals surface area contributed by atoms with Crippen LogP contribution < -0.4 is 30.4 Å². The summed E-state index contributed by atoms with van der Waals surface area (Å²) in [5.41, 5.74) is 16.4. The van der Waals surface area contributed by atoms with Gasteiger partial charge in [0.2, 0.25) is 0 Å². The molecule has 35 heavy (non-hydrogen) atoms. The smallest absolute Gasteiger partial charge is 0.294 e. The number of nitrogens with two attached hydrogens (primary N) is 2.